The third kappa shape index (κ3) is 2.25. The molecule has 2 rings (SSSR count). The van der Waals surface area contributed by atoms with Gasteiger partial charge in [0, 0.05) is 24.3 Å². The Morgan fingerprint density at radius 3 is 2.79 bits per heavy atom. The molecule has 1 heterocycles. The average Bonchev–Trinajstić information content (AvgIpc) is 2.82. The van der Waals surface area contributed by atoms with E-state index in [0.29, 0.717) is 18.4 Å². The summed E-state index contributed by atoms with van der Waals surface area (Å²) in [6, 6.07) is 0.578. The molecule has 0 aromatic heterocycles. The minimum Gasteiger partial charge on any atom is -0.339 e. The summed E-state index contributed by atoms with van der Waals surface area (Å²) in [6.45, 7) is 2.98. The lowest BCUT2D eigenvalue weighted by Gasteiger charge is -2.25. The summed E-state index contributed by atoms with van der Waals surface area (Å²) in [5, 5.41) is 0.197. The van der Waals surface area contributed by atoms with E-state index < -0.39 is 0 Å². The average molecular weight is 213 g/mol. The first kappa shape index (κ1) is 10.3. The third-order valence-corrected chi connectivity index (χ3v) is 3.44. The van der Waals surface area contributed by atoms with Gasteiger partial charge in [0.25, 0.3) is 0 Å². The van der Waals surface area contributed by atoms with Crippen molar-refractivity contribution in [1.29, 1.82) is 0 Å². The van der Waals surface area contributed by atoms with Crippen LogP contribution in [0.5, 0.6) is 0 Å². The Kier molecular flexibility index (Phi) is 3.05. The quantitative estimate of drug-likeness (QED) is 0.712. The Labute approximate surface area is 91.5 Å². The van der Waals surface area contributed by atoms with E-state index in [4.69, 9.17) is 0 Å². The standard InChI is InChI=1S/C11H19NOS/c1-8(14)7-11(13)12-6-2-3-10(12)9-4-5-9/h8-10,14H,2-7H2,1H3/t8-,10?/m0/s1. The molecule has 0 aromatic carbocycles. The first-order chi connectivity index (χ1) is 6.68. The van der Waals surface area contributed by atoms with Crippen molar-refractivity contribution in [2.45, 2.75) is 50.3 Å². The summed E-state index contributed by atoms with van der Waals surface area (Å²) >= 11 is 4.28. The number of hydrogen-bond donors (Lipinski definition) is 1. The van der Waals surface area contributed by atoms with E-state index >= 15 is 0 Å². The normalized spacial score (nSPS) is 29.3. The summed E-state index contributed by atoms with van der Waals surface area (Å²) in [5.41, 5.74) is 0. The zero-order valence-corrected chi connectivity index (χ0v) is 9.67. The number of carbonyl (C=O) groups is 1. The highest BCUT2D eigenvalue weighted by molar-refractivity contribution is 7.80. The summed E-state index contributed by atoms with van der Waals surface area (Å²) < 4.78 is 0. The van der Waals surface area contributed by atoms with Gasteiger partial charge >= 0.3 is 0 Å². The molecule has 1 saturated carbocycles. The minimum absolute atomic E-state index is 0.197. The van der Waals surface area contributed by atoms with Gasteiger partial charge in [-0.1, -0.05) is 6.92 Å². The molecule has 0 aromatic rings. The third-order valence-electron chi connectivity index (χ3n) is 3.26. The van der Waals surface area contributed by atoms with Crippen molar-refractivity contribution >= 4 is 18.5 Å². The molecule has 2 atom stereocenters. The number of likely N-dealkylation sites (tertiary alicyclic amines) is 1. The fraction of sp³-hybridized carbons (Fsp3) is 0.909. The molecule has 2 aliphatic rings. The highest BCUT2D eigenvalue weighted by atomic mass is 32.1. The van der Waals surface area contributed by atoms with Crippen LogP contribution in [0.15, 0.2) is 0 Å². The highest BCUT2D eigenvalue weighted by Gasteiger charge is 2.39. The summed E-state index contributed by atoms with van der Waals surface area (Å²) in [7, 11) is 0. The van der Waals surface area contributed by atoms with Crippen LogP contribution in [0.2, 0.25) is 0 Å². The van der Waals surface area contributed by atoms with Crippen LogP contribution in [0, 0.1) is 5.92 Å². The van der Waals surface area contributed by atoms with E-state index in [0.717, 1.165) is 12.5 Å². The van der Waals surface area contributed by atoms with E-state index in [1.807, 2.05) is 6.92 Å². The van der Waals surface area contributed by atoms with E-state index in [1.165, 1.54) is 25.7 Å². The fourth-order valence-corrected chi connectivity index (χ4v) is 2.60. The zero-order valence-electron chi connectivity index (χ0n) is 8.78. The van der Waals surface area contributed by atoms with Gasteiger partial charge < -0.3 is 4.90 Å². The molecule has 0 spiro atoms. The molecular formula is C11H19NOS. The summed E-state index contributed by atoms with van der Waals surface area (Å²) in [5.74, 6) is 1.15. The van der Waals surface area contributed by atoms with Crippen molar-refractivity contribution in [2.75, 3.05) is 6.54 Å². The second kappa shape index (κ2) is 4.13. The van der Waals surface area contributed by atoms with Gasteiger partial charge in [0.15, 0.2) is 0 Å². The van der Waals surface area contributed by atoms with Crippen molar-refractivity contribution in [3.63, 3.8) is 0 Å². The molecule has 0 radical (unpaired) electrons. The predicted octanol–water partition coefficient (Wildman–Crippen LogP) is 2.10. The van der Waals surface area contributed by atoms with Crippen LogP contribution in [-0.2, 0) is 4.79 Å². The summed E-state index contributed by atoms with van der Waals surface area (Å²) in [6.07, 6.45) is 5.72. The topological polar surface area (TPSA) is 20.3 Å². The van der Waals surface area contributed by atoms with E-state index in [2.05, 4.69) is 17.5 Å². The first-order valence-electron chi connectivity index (χ1n) is 5.66. The first-order valence-corrected chi connectivity index (χ1v) is 6.17. The van der Waals surface area contributed by atoms with Crippen LogP contribution in [0.3, 0.4) is 0 Å². The van der Waals surface area contributed by atoms with Gasteiger partial charge in [-0.3, -0.25) is 4.79 Å². The van der Waals surface area contributed by atoms with Crippen LogP contribution in [-0.4, -0.2) is 28.6 Å². The lowest BCUT2D eigenvalue weighted by atomic mass is 10.1. The molecule has 0 N–H and O–H groups in total. The Hall–Kier alpha value is -0.180. The molecule has 80 valence electrons. The molecule has 1 amide bonds. The number of thiol groups is 1. The Bertz CT molecular complexity index is 225. The molecule has 14 heavy (non-hydrogen) atoms. The van der Waals surface area contributed by atoms with Crippen LogP contribution in [0.25, 0.3) is 0 Å². The Morgan fingerprint density at radius 1 is 1.50 bits per heavy atom. The smallest absolute Gasteiger partial charge is 0.223 e. The minimum atomic E-state index is 0.197. The Balaban J connectivity index is 1.91. The summed E-state index contributed by atoms with van der Waals surface area (Å²) in [4.78, 5) is 14.0. The second-order valence-corrected chi connectivity index (χ2v) is 5.57. The van der Waals surface area contributed by atoms with Crippen molar-refractivity contribution in [3.8, 4) is 0 Å². The maximum absolute atomic E-state index is 11.9. The van der Waals surface area contributed by atoms with Crippen LogP contribution < -0.4 is 0 Å². The van der Waals surface area contributed by atoms with Crippen molar-refractivity contribution in [1.82, 2.24) is 4.90 Å². The van der Waals surface area contributed by atoms with E-state index in [9.17, 15) is 4.79 Å². The molecule has 2 nitrogen and oxygen atoms in total. The van der Waals surface area contributed by atoms with Crippen LogP contribution in [0.1, 0.15) is 39.0 Å². The van der Waals surface area contributed by atoms with E-state index in [1.54, 1.807) is 0 Å². The number of nitrogens with zero attached hydrogens (tertiary/aromatic N) is 1. The largest absolute Gasteiger partial charge is 0.339 e. The van der Waals surface area contributed by atoms with Gasteiger partial charge in [-0.05, 0) is 31.6 Å². The lowest BCUT2D eigenvalue weighted by Crippen LogP contribution is -2.37. The van der Waals surface area contributed by atoms with Crippen molar-refractivity contribution in [3.05, 3.63) is 0 Å². The van der Waals surface area contributed by atoms with E-state index in [-0.39, 0.29) is 5.25 Å². The Morgan fingerprint density at radius 2 is 2.21 bits per heavy atom. The number of amides is 1. The predicted molar refractivity (Wildman–Crippen MR) is 60.5 cm³/mol. The highest BCUT2D eigenvalue weighted by Crippen LogP contribution is 2.40. The van der Waals surface area contributed by atoms with Gasteiger partial charge in [0.2, 0.25) is 5.91 Å². The van der Waals surface area contributed by atoms with Crippen molar-refractivity contribution < 1.29 is 4.79 Å². The maximum atomic E-state index is 11.9. The number of carbonyl (C=O) groups excluding carboxylic acids is 1. The molecule has 3 heteroatoms. The van der Waals surface area contributed by atoms with Gasteiger partial charge in [0.1, 0.15) is 0 Å². The molecule has 1 unspecified atom stereocenters. The monoisotopic (exact) mass is 213 g/mol. The zero-order chi connectivity index (χ0) is 10.1. The number of rotatable bonds is 3. The molecule has 1 saturated heterocycles. The maximum Gasteiger partial charge on any atom is 0.223 e. The number of hydrogen-bond acceptors (Lipinski definition) is 2. The molecule has 1 aliphatic heterocycles. The van der Waals surface area contributed by atoms with Crippen molar-refractivity contribution in [2.24, 2.45) is 5.92 Å². The van der Waals surface area contributed by atoms with Gasteiger partial charge in [-0.15, -0.1) is 0 Å². The molecule has 0 bridgehead atoms. The lowest BCUT2D eigenvalue weighted by molar-refractivity contribution is -0.132. The van der Waals surface area contributed by atoms with Gasteiger partial charge in [-0.2, -0.15) is 12.6 Å². The molecule has 2 fully saturated rings. The second-order valence-electron chi connectivity index (χ2n) is 4.69. The van der Waals surface area contributed by atoms with Gasteiger partial charge in [-0.25, -0.2) is 0 Å². The van der Waals surface area contributed by atoms with Crippen LogP contribution >= 0.6 is 12.6 Å². The fourth-order valence-electron chi connectivity index (χ4n) is 2.44. The SMILES string of the molecule is C[C@H](S)CC(=O)N1CCCC1C1CC1. The van der Waals surface area contributed by atoms with Gasteiger partial charge in [0.05, 0.1) is 0 Å². The van der Waals surface area contributed by atoms with Crippen LogP contribution in [0.4, 0.5) is 0 Å². The molecular weight excluding hydrogens is 194 g/mol. The molecule has 1 aliphatic carbocycles.